The fourth-order valence-corrected chi connectivity index (χ4v) is 2.78. The van der Waals surface area contributed by atoms with Crippen LogP contribution in [0.5, 0.6) is 0 Å². The Morgan fingerprint density at radius 2 is 1.87 bits per heavy atom. The van der Waals surface area contributed by atoms with Crippen LogP contribution in [0.25, 0.3) is 16.6 Å². The summed E-state index contributed by atoms with van der Waals surface area (Å²) in [5, 5.41) is -0.114. The number of benzene rings is 1. The zero-order valence-electron chi connectivity index (χ0n) is 11.2. The van der Waals surface area contributed by atoms with Gasteiger partial charge in [-0.25, -0.2) is 4.39 Å². The lowest BCUT2D eigenvalue weighted by Gasteiger charge is -2.15. The predicted molar refractivity (Wildman–Crippen MR) is 80.0 cm³/mol. The van der Waals surface area contributed by atoms with Crippen LogP contribution >= 0.6 is 15.9 Å². The lowest BCUT2D eigenvalue weighted by Crippen LogP contribution is -2.22. The molecule has 0 saturated carbocycles. The molecule has 3 nitrogen and oxygen atoms in total. The summed E-state index contributed by atoms with van der Waals surface area (Å²) in [4.78, 5) is 16.3. The Kier molecular flexibility index (Phi) is 3.71. The Labute approximate surface area is 135 Å². The molecule has 0 aliphatic carbocycles. The standard InChI is InChI=1S/C15H7BrF4N2O/c16-11-7-22(12-4-2-1-3-10(12)15(18,19)20)14(23)9-5-8(17)6-21-13(9)11/h1-7H. The molecule has 3 aromatic rings. The van der Waals surface area contributed by atoms with Crippen molar-refractivity contribution in [2.75, 3.05) is 0 Å². The summed E-state index contributed by atoms with van der Waals surface area (Å²) in [5.74, 6) is -0.747. The maximum Gasteiger partial charge on any atom is 0.418 e. The molecule has 0 bridgehead atoms. The molecule has 0 amide bonds. The predicted octanol–water partition coefficient (Wildman–Crippen LogP) is 4.31. The van der Waals surface area contributed by atoms with Crippen molar-refractivity contribution in [2.45, 2.75) is 6.18 Å². The molecule has 0 N–H and O–H groups in total. The fraction of sp³-hybridized carbons (Fsp3) is 0.0667. The number of halogens is 5. The topological polar surface area (TPSA) is 34.9 Å². The van der Waals surface area contributed by atoms with Gasteiger partial charge in [0.25, 0.3) is 5.56 Å². The van der Waals surface area contributed by atoms with Gasteiger partial charge < -0.3 is 0 Å². The lowest BCUT2D eigenvalue weighted by molar-refractivity contribution is -0.137. The van der Waals surface area contributed by atoms with Crippen LogP contribution < -0.4 is 5.56 Å². The number of alkyl halides is 3. The molecule has 0 spiro atoms. The van der Waals surface area contributed by atoms with E-state index in [4.69, 9.17) is 0 Å². The van der Waals surface area contributed by atoms with Crippen molar-refractivity contribution in [3.05, 3.63) is 68.9 Å². The van der Waals surface area contributed by atoms with Crippen molar-refractivity contribution in [3.63, 3.8) is 0 Å². The largest absolute Gasteiger partial charge is 0.418 e. The highest BCUT2D eigenvalue weighted by Crippen LogP contribution is 2.33. The summed E-state index contributed by atoms with van der Waals surface area (Å²) >= 11 is 3.15. The third kappa shape index (κ3) is 2.74. The molecular weight excluding hydrogens is 380 g/mol. The number of aromatic nitrogens is 2. The van der Waals surface area contributed by atoms with Crippen LogP contribution in [-0.2, 0) is 6.18 Å². The second-order valence-electron chi connectivity index (χ2n) is 4.72. The lowest BCUT2D eigenvalue weighted by atomic mass is 10.1. The minimum atomic E-state index is -4.63. The van der Waals surface area contributed by atoms with Gasteiger partial charge in [-0.15, -0.1) is 0 Å². The third-order valence-corrected chi connectivity index (χ3v) is 3.82. The van der Waals surface area contributed by atoms with Crippen LogP contribution in [0, 0.1) is 5.82 Å². The van der Waals surface area contributed by atoms with Crippen molar-refractivity contribution < 1.29 is 17.6 Å². The minimum absolute atomic E-state index is 0.114. The number of nitrogens with zero attached hydrogens (tertiary/aromatic N) is 2. The molecule has 3 rings (SSSR count). The molecule has 2 heterocycles. The molecule has 0 aliphatic rings. The molecule has 0 unspecified atom stereocenters. The van der Waals surface area contributed by atoms with Gasteiger partial charge in [0.1, 0.15) is 5.82 Å². The zero-order chi connectivity index (χ0) is 16.8. The summed E-state index contributed by atoms with van der Waals surface area (Å²) < 4.78 is 53.9. The van der Waals surface area contributed by atoms with Gasteiger partial charge in [0.15, 0.2) is 0 Å². The molecule has 0 fully saturated rings. The Balaban J connectivity index is 2.39. The highest BCUT2D eigenvalue weighted by molar-refractivity contribution is 9.10. The molecule has 0 atom stereocenters. The van der Waals surface area contributed by atoms with Gasteiger partial charge in [-0.1, -0.05) is 12.1 Å². The normalized spacial score (nSPS) is 11.9. The van der Waals surface area contributed by atoms with Crippen molar-refractivity contribution in [3.8, 4) is 5.69 Å². The summed E-state index contributed by atoms with van der Waals surface area (Å²) in [6.45, 7) is 0. The van der Waals surface area contributed by atoms with Crippen LogP contribution in [-0.4, -0.2) is 9.55 Å². The van der Waals surface area contributed by atoms with Gasteiger partial charge in [-0.05, 0) is 34.1 Å². The zero-order valence-corrected chi connectivity index (χ0v) is 12.8. The number of rotatable bonds is 1. The van der Waals surface area contributed by atoms with E-state index in [-0.39, 0.29) is 21.1 Å². The second kappa shape index (κ2) is 5.45. The summed E-state index contributed by atoms with van der Waals surface area (Å²) in [6.07, 6.45) is -2.50. The van der Waals surface area contributed by atoms with Crippen molar-refractivity contribution in [1.29, 1.82) is 0 Å². The van der Waals surface area contributed by atoms with E-state index in [9.17, 15) is 22.4 Å². The molecule has 23 heavy (non-hydrogen) atoms. The van der Waals surface area contributed by atoms with Crippen LogP contribution in [0.4, 0.5) is 17.6 Å². The highest BCUT2D eigenvalue weighted by Gasteiger charge is 2.34. The van der Waals surface area contributed by atoms with E-state index < -0.39 is 23.1 Å². The first-order valence-corrected chi connectivity index (χ1v) is 7.11. The van der Waals surface area contributed by atoms with E-state index in [2.05, 4.69) is 20.9 Å². The van der Waals surface area contributed by atoms with Crippen molar-refractivity contribution in [1.82, 2.24) is 9.55 Å². The van der Waals surface area contributed by atoms with Gasteiger partial charge in [0, 0.05) is 6.20 Å². The fourth-order valence-electron chi connectivity index (χ4n) is 2.26. The van der Waals surface area contributed by atoms with Gasteiger partial charge in [0.05, 0.1) is 32.8 Å². The Morgan fingerprint density at radius 1 is 1.17 bits per heavy atom. The number of hydrogen-bond donors (Lipinski definition) is 0. The van der Waals surface area contributed by atoms with E-state index in [1.807, 2.05) is 0 Å². The third-order valence-electron chi connectivity index (χ3n) is 3.24. The van der Waals surface area contributed by atoms with Gasteiger partial charge >= 0.3 is 6.18 Å². The van der Waals surface area contributed by atoms with E-state index in [1.165, 1.54) is 24.4 Å². The van der Waals surface area contributed by atoms with Crippen LogP contribution in [0.15, 0.2) is 52.0 Å². The van der Waals surface area contributed by atoms with E-state index in [0.29, 0.717) is 0 Å². The van der Waals surface area contributed by atoms with Crippen LogP contribution in [0.1, 0.15) is 5.56 Å². The quantitative estimate of drug-likeness (QED) is 0.584. The molecule has 1 aromatic carbocycles. The maximum absolute atomic E-state index is 13.3. The summed E-state index contributed by atoms with van der Waals surface area (Å²) in [7, 11) is 0. The average molecular weight is 387 g/mol. The summed E-state index contributed by atoms with van der Waals surface area (Å²) in [5.41, 5.74) is -1.90. The van der Waals surface area contributed by atoms with Crippen molar-refractivity contribution >= 4 is 26.8 Å². The molecular formula is C15H7BrF4N2O. The number of para-hydroxylation sites is 1. The first-order chi connectivity index (χ1) is 10.8. The number of pyridine rings is 2. The first-order valence-electron chi connectivity index (χ1n) is 6.32. The molecule has 0 radical (unpaired) electrons. The first kappa shape index (κ1) is 15.7. The monoisotopic (exact) mass is 386 g/mol. The Morgan fingerprint density at radius 3 is 2.57 bits per heavy atom. The minimum Gasteiger partial charge on any atom is -0.282 e. The van der Waals surface area contributed by atoms with Gasteiger partial charge in [-0.2, -0.15) is 13.2 Å². The molecule has 118 valence electrons. The van der Waals surface area contributed by atoms with E-state index in [1.54, 1.807) is 0 Å². The molecule has 0 aliphatic heterocycles. The highest BCUT2D eigenvalue weighted by atomic mass is 79.9. The van der Waals surface area contributed by atoms with Crippen LogP contribution in [0.2, 0.25) is 0 Å². The second-order valence-corrected chi connectivity index (χ2v) is 5.57. The van der Waals surface area contributed by atoms with Gasteiger partial charge in [-0.3, -0.25) is 14.3 Å². The SMILES string of the molecule is O=c1c2cc(F)cnc2c(Br)cn1-c1ccccc1C(F)(F)F. The van der Waals surface area contributed by atoms with Crippen LogP contribution in [0.3, 0.4) is 0 Å². The number of hydrogen-bond acceptors (Lipinski definition) is 2. The number of fused-ring (bicyclic) bond motifs is 1. The van der Waals surface area contributed by atoms with Crippen molar-refractivity contribution in [2.24, 2.45) is 0 Å². The van der Waals surface area contributed by atoms with E-state index in [0.717, 1.165) is 22.9 Å². The Hall–Kier alpha value is -2.22. The maximum atomic E-state index is 13.3. The molecule has 8 heteroatoms. The smallest absolute Gasteiger partial charge is 0.282 e. The van der Waals surface area contributed by atoms with Gasteiger partial charge in [0.2, 0.25) is 0 Å². The average Bonchev–Trinajstić information content (AvgIpc) is 2.50. The Bertz CT molecular complexity index is 966. The molecule has 0 saturated heterocycles. The molecule has 2 aromatic heterocycles. The summed E-state index contributed by atoms with van der Waals surface area (Å²) in [6, 6.07) is 5.62. The van der Waals surface area contributed by atoms with E-state index >= 15 is 0 Å².